The van der Waals surface area contributed by atoms with Gasteiger partial charge in [0.05, 0.1) is 19.3 Å². The molecule has 1 fully saturated rings. The van der Waals surface area contributed by atoms with Gasteiger partial charge in [-0.2, -0.15) is 4.98 Å². The summed E-state index contributed by atoms with van der Waals surface area (Å²) in [5, 5.41) is 14.3. The molecule has 0 radical (unpaired) electrons. The van der Waals surface area contributed by atoms with Crippen LogP contribution >= 0.6 is 11.6 Å². The zero-order valence-electron chi connectivity index (χ0n) is 17.6. The average Bonchev–Trinajstić information content (AvgIpc) is 3.18. The molecule has 2 heterocycles. The first kappa shape index (κ1) is 22.2. The number of rotatable bonds is 7. The molecule has 0 bridgehead atoms. The molecule has 30 heavy (non-hydrogen) atoms. The topological polar surface area (TPSA) is 104 Å². The number of nitrogens with zero attached hydrogens (tertiary/aromatic N) is 3. The van der Waals surface area contributed by atoms with Gasteiger partial charge >= 0.3 is 6.09 Å². The van der Waals surface area contributed by atoms with E-state index in [2.05, 4.69) is 30.7 Å². The third kappa shape index (κ3) is 6.77. The fourth-order valence-corrected chi connectivity index (χ4v) is 3.11. The standard InChI is InChI=1S/C20H29ClN6O3/c1-20(2,3)30-19(28)22-9-8-16(23-15-6-4-14(21)5-7-15)17-24-18(26-25-17)27-10-12-29-13-11-27/h4-7,16,23H,8-13H2,1-3H3,(H,22,28)(H,24,25,26)/t16-/m0/s1. The van der Waals surface area contributed by atoms with E-state index in [1.165, 1.54) is 0 Å². The number of nitrogens with one attached hydrogen (secondary N) is 3. The van der Waals surface area contributed by atoms with Gasteiger partial charge in [0.1, 0.15) is 11.4 Å². The number of benzene rings is 1. The molecule has 1 aromatic carbocycles. The number of hydrogen-bond donors (Lipinski definition) is 3. The summed E-state index contributed by atoms with van der Waals surface area (Å²) in [6, 6.07) is 7.24. The van der Waals surface area contributed by atoms with E-state index in [1.54, 1.807) is 0 Å². The zero-order chi connectivity index (χ0) is 21.6. The Morgan fingerprint density at radius 1 is 1.30 bits per heavy atom. The largest absolute Gasteiger partial charge is 0.444 e. The minimum atomic E-state index is -0.539. The molecule has 1 amide bonds. The molecule has 164 valence electrons. The molecule has 1 atom stereocenters. The molecular weight excluding hydrogens is 408 g/mol. The van der Waals surface area contributed by atoms with E-state index >= 15 is 0 Å². The van der Waals surface area contributed by atoms with E-state index < -0.39 is 11.7 Å². The summed E-state index contributed by atoms with van der Waals surface area (Å²) in [7, 11) is 0. The van der Waals surface area contributed by atoms with Crippen LogP contribution in [0.1, 0.15) is 39.1 Å². The Morgan fingerprint density at radius 3 is 2.67 bits per heavy atom. The van der Waals surface area contributed by atoms with Gasteiger partial charge < -0.3 is 25.0 Å². The molecule has 0 aliphatic carbocycles. The van der Waals surface area contributed by atoms with Gasteiger partial charge in [-0.25, -0.2) is 4.79 Å². The summed E-state index contributed by atoms with van der Waals surface area (Å²) >= 11 is 5.99. The van der Waals surface area contributed by atoms with Crippen molar-refractivity contribution < 1.29 is 14.3 Å². The number of hydrogen-bond acceptors (Lipinski definition) is 7. The number of amides is 1. The smallest absolute Gasteiger partial charge is 0.407 e. The van der Waals surface area contributed by atoms with Crippen LogP contribution in [-0.4, -0.2) is 59.7 Å². The number of carbonyl (C=O) groups is 1. The molecule has 1 saturated heterocycles. The van der Waals surface area contributed by atoms with E-state index in [9.17, 15) is 4.79 Å². The molecule has 0 spiro atoms. The molecule has 10 heteroatoms. The Hall–Kier alpha value is -2.52. The molecule has 1 aliphatic heterocycles. The SMILES string of the molecule is CC(C)(C)OC(=O)NCC[C@H](Nc1ccc(Cl)cc1)c1nc(N2CCOCC2)n[nH]1. The van der Waals surface area contributed by atoms with Crippen LogP contribution in [0, 0.1) is 0 Å². The number of carbonyl (C=O) groups excluding carboxylic acids is 1. The van der Waals surface area contributed by atoms with Crippen molar-refractivity contribution in [2.75, 3.05) is 43.1 Å². The highest BCUT2D eigenvalue weighted by Gasteiger charge is 2.21. The number of morpholine rings is 1. The summed E-state index contributed by atoms with van der Waals surface area (Å²) in [4.78, 5) is 18.7. The van der Waals surface area contributed by atoms with Gasteiger partial charge in [0.2, 0.25) is 5.95 Å². The van der Waals surface area contributed by atoms with E-state index in [0.717, 1.165) is 18.8 Å². The van der Waals surface area contributed by atoms with Crippen molar-refractivity contribution in [3.63, 3.8) is 0 Å². The number of H-pyrrole nitrogens is 1. The second-order valence-corrected chi connectivity index (χ2v) is 8.48. The fraction of sp³-hybridized carbons (Fsp3) is 0.550. The van der Waals surface area contributed by atoms with Gasteiger partial charge in [0.15, 0.2) is 0 Å². The molecule has 9 nitrogen and oxygen atoms in total. The van der Waals surface area contributed by atoms with Crippen molar-refractivity contribution in [3.8, 4) is 0 Å². The maximum Gasteiger partial charge on any atom is 0.407 e. The number of halogens is 1. The number of aromatic amines is 1. The summed E-state index contributed by atoms with van der Waals surface area (Å²) in [5.74, 6) is 1.34. The predicted octanol–water partition coefficient (Wildman–Crippen LogP) is 3.36. The first-order chi connectivity index (χ1) is 14.3. The van der Waals surface area contributed by atoms with Crippen LogP contribution in [0.25, 0.3) is 0 Å². The maximum absolute atomic E-state index is 12.0. The fourth-order valence-electron chi connectivity index (χ4n) is 2.98. The number of alkyl carbamates (subject to hydrolysis) is 1. The van der Waals surface area contributed by atoms with Crippen LogP contribution in [0.15, 0.2) is 24.3 Å². The lowest BCUT2D eigenvalue weighted by molar-refractivity contribution is 0.0526. The van der Waals surface area contributed by atoms with Gasteiger partial charge in [-0.1, -0.05) is 11.6 Å². The van der Waals surface area contributed by atoms with Crippen LogP contribution in [0.2, 0.25) is 5.02 Å². The first-order valence-corrected chi connectivity index (χ1v) is 10.4. The van der Waals surface area contributed by atoms with Gasteiger partial charge in [-0.05, 0) is 51.5 Å². The Bertz CT molecular complexity index is 815. The van der Waals surface area contributed by atoms with Crippen LogP contribution in [0.5, 0.6) is 0 Å². The third-order valence-corrected chi connectivity index (χ3v) is 4.65. The monoisotopic (exact) mass is 436 g/mol. The molecule has 1 aromatic heterocycles. The van der Waals surface area contributed by atoms with Crippen molar-refractivity contribution in [3.05, 3.63) is 35.1 Å². The van der Waals surface area contributed by atoms with Crippen molar-refractivity contribution in [2.24, 2.45) is 0 Å². The molecule has 0 saturated carbocycles. The lowest BCUT2D eigenvalue weighted by atomic mass is 10.1. The zero-order valence-corrected chi connectivity index (χ0v) is 18.3. The summed E-state index contributed by atoms with van der Waals surface area (Å²) in [6.45, 7) is 8.75. The van der Waals surface area contributed by atoms with Gasteiger partial charge in [-0.15, -0.1) is 5.10 Å². The van der Waals surface area contributed by atoms with E-state index in [0.29, 0.717) is 43.0 Å². The molecule has 3 rings (SSSR count). The van der Waals surface area contributed by atoms with Gasteiger partial charge in [0.25, 0.3) is 0 Å². The maximum atomic E-state index is 12.0. The highest BCUT2D eigenvalue weighted by Crippen LogP contribution is 2.23. The van der Waals surface area contributed by atoms with E-state index in [-0.39, 0.29) is 6.04 Å². The minimum absolute atomic E-state index is 0.191. The predicted molar refractivity (Wildman–Crippen MR) is 116 cm³/mol. The van der Waals surface area contributed by atoms with E-state index in [4.69, 9.17) is 21.1 Å². The lowest BCUT2D eigenvalue weighted by Gasteiger charge is -2.25. The summed E-state index contributed by atoms with van der Waals surface area (Å²) in [6.07, 6.45) is 0.138. The molecule has 2 aromatic rings. The number of anilines is 2. The number of ether oxygens (including phenoxy) is 2. The summed E-state index contributed by atoms with van der Waals surface area (Å²) < 4.78 is 10.7. The minimum Gasteiger partial charge on any atom is -0.444 e. The number of aromatic nitrogens is 3. The molecule has 0 unspecified atom stereocenters. The Kier molecular flexibility index (Phi) is 7.38. The van der Waals surface area contributed by atoms with Crippen molar-refractivity contribution in [1.29, 1.82) is 0 Å². The van der Waals surface area contributed by atoms with Crippen LogP contribution in [0.3, 0.4) is 0 Å². The van der Waals surface area contributed by atoms with Crippen LogP contribution in [0.4, 0.5) is 16.4 Å². The van der Waals surface area contributed by atoms with Crippen molar-refractivity contribution >= 4 is 29.3 Å². The average molecular weight is 437 g/mol. The normalized spacial score (nSPS) is 15.5. The third-order valence-electron chi connectivity index (χ3n) is 4.40. The quantitative estimate of drug-likeness (QED) is 0.611. The summed E-state index contributed by atoms with van der Waals surface area (Å²) in [5.41, 5.74) is 0.356. The van der Waals surface area contributed by atoms with Crippen molar-refractivity contribution in [2.45, 2.75) is 38.8 Å². The van der Waals surface area contributed by atoms with E-state index in [1.807, 2.05) is 45.0 Å². The Balaban J connectivity index is 1.66. The lowest BCUT2D eigenvalue weighted by Crippen LogP contribution is -2.37. The van der Waals surface area contributed by atoms with Crippen LogP contribution < -0.4 is 15.5 Å². The second kappa shape index (κ2) is 9.99. The highest BCUT2D eigenvalue weighted by atomic mass is 35.5. The molecule has 1 aliphatic rings. The Morgan fingerprint density at radius 2 is 2.00 bits per heavy atom. The Labute approximate surface area is 181 Å². The van der Waals surface area contributed by atoms with Gasteiger partial charge in [0, 0.05) is 30.3 Å². The highest BCUT2D eigenvalue weighted by molar-refractivity contribution is 6.30. The molecular formula is C20H29ClN6O3. The van der Waals surface area contributed by atoms with Crippen LogP contribution in [-0.2, 0) is 9.47 Å². The first-order valence-electron chi connectivity index (χ1n) is 10.0. The van der Waals surface area contributed by atoms with Gasteiger partial charge in [-0.3, -0.25) is 5.10 Å². The second-order valence-electron chi connectivity index (χ2n) is 8.04. The van der Waals surface area contributed by atoms with Crippen molar-refractivity contribution in [1.82, 2.24) is 20.5 Å². The molecule has 3 N–H and O–H groups in total.